The fraction of sp³-hybridized carbons (Fsp3) is 0.308. The maximum absolute atomic E-state index is 11.3. The molecular formula is C13H16N4O2. The third kappa shape index (κ3) is 3.54. The molecule has 0 aromatic carbocycles. The number of anilines is 1. The zero-order chi connectivity index (χ0) is 13.7. The number of carbonyl (C=O) groups is 1. The van der Waals surface area contributed by atoms with E-state index in [2.05, 4.69) is 20.1 Å². The van der Waals surface area contributed by atoms with Gasteiger partial charge in [0.2, 0.25) is 0 Å². The highest BCUT2D eigenvalue weighted by molar-refractivity contribution is 5.88. The number of rotatable bonds is 5. The summed E-state index contributed by atoms with van der Waals surface area (Å²) < 4.78 is 6.40. The highest BCUT2D eigenvalue weighted by Crippen LogP contribution is 2.09. The standard InChI is InChI=1S/C13H16N4O2/c1-17-9-10(8-16-17)3-5-14-11-4-6-15-12(7-11)13(18)19-2/h4,6-9H,3,5H2,1-2H3,(H,14,15). The van der Waals surface area contributed by atoms with Crippen LogP contribution in [0.1, 0.15) is 16.1 Å². The van der Waals surface area contributed by atoms with Gasteiger partial charge in [-0.3, -0.25) is 4.68 Å². The lowest BCUT2D eigenvalue weighted by Crippen LogP contribution is -2.08. The number of hydrogen-bond acceptors (Lipinski definition) is 5. The van der Waals surface area contributed by atoms with Crippen LogP contribution >= 0.6 is 0 Å². The molecule has 0 aliphatic carbocycles. The largest absolute Gasteiger partial charge is 0.464 e. The SMILES string of the molecule is COC(=O)c1cc(NCCc2cnn(C)c2)ccn1. The van der Waals surface area contributed by atoms with Crippen LogP contribution in [0.3, 0.4) is 0 Å². The molecule has 2 aromatic heterocycles. The molecule has 0 atom stereocenters. The van der Waals surface area contributed by atoms with Crippen LogP contribution in [-0.4, -0.2) is 34.4 Å². The molecule has 19 heavy (non-hydrogen) atoms. The van der Waals surface area contributed by atoms with Gasteiger partial charge in [-0.15, -0.1) is 0 Å². The number of esters is 1. The van der Waals surface area contributed by atoms with Gasteiger partial charge in [-0.2, -0.15) is 5.10 Å². The topological polar surface area (TPSA) is 69.0 Å². The molecule has 0 spiro atoms. The number of carbonyl (C=O) groups excluding carboxylic acids is 1. The molecule has 2 aromatic rings. The lowest BCUT2D eigenvalue weighted by atomic mass is 10.2. The first-order valence-electron chi connectivity index (χ1n) is 5.95. The molecule has 6 heteroatoms. The van der Waals surface area contributed by atoms with Crippen LogP contribution in [0.25, 0.3) is 0 Å². The third-order valence-electron chi connectivity index (χ3n) is 2.66. The Morgan fingerprint density at radius 1 is 1.53 bits per heavy atom. The fourth-order valence-electron chi connectivity index (χ4n) is 1.71. The van der Waals surface area contributed by atoms with Crippen molar-refractivity contribution in [3.8, 4) is 0 Å². The van der Waals surface area contributed by atoms with E-state index in [0.29, 0.717) is 5.69 Å². The van der Waals surface area contributed by atoms with Crippen LogP contribution < -0.4 is 5.32 Å². The smallest absolute Gasteiger partial charge is 0.356 e. The van der Waals surface area contributed by atoms with Crippen molar-refractivity contribution < 1.29 is 9.53 Å². The molecule has 2 rings (SSSR count). The number of nitrogens with zero attached hydrogens (tertiary/aromatic N) is 3. The fourth-order valence-corrected chi connectivity index (χ4v) is 1.71. The molecule has 1 N–H and O–H groups in total. The van der Waals surface area contributed by atoms with Gasteiger partial charge in [0, 0.05) is 31.7 Å². The Kier molecular flexibility index (Phi) is 4.12. The van der Waals surface area contributed by atoms with Crippen LogP contribution in [-0.2, 0) is 18.2 Å². The molecule has 0 bridgehead atoms. The summed E-state index contributed by atoms with van der Waals surface area (Å²) in [6.45, 7) is 0.760. The number of ether oxygens (including phenoxy) is 1. The Morgan fingerprint density at radius 2 is 2.37 bits per heavy atom. The molecule has 0 unspecified atom stereocenters. The van der Waals surface area contributed by atoms with E-state index < -0.39 is 5.97 Å². The first-order valence-corrected chi connectivity index (χ1v) is 5.95. The first-order chi connectivity index (χ1) is 9.19. The Hall–Kier alpha value is -2.37. The first kappa shape index (κ1) is 13.1. The second-order valence-electron chi connectivity index (χ2n) is 4.12. The summed E-state index contributed by atoms with van der Waals surface area (Å²) in [5.41, 5.74) is 2.31. The molecule has 0 aliphatic heterocycles. The van der Waals surface area contributed by atoms with E-state index in [9.17, 15) is 4.79 Å². The van der Waals surface area contributed by atoms with E-state index in [0.717, 1.165) is 24.2 Å². The van der Waals surface area contributed by atoms with E-state index >= 15 is 0 Å². The number of methoxy groups -OCH3 is 1. The molecule has 0 saturated carbocycles. The molecule has 2 heterocycles. The van der Waals surface area contributed by atoms with Crippen molar-refractivity contribution >= 4 is 11.7 Å². The molecule has 0 saturated heterocycles. The van der Waals surface area contributed by atoms with E-state index in [1.54, 1.807) is 16.9 Å². The minimum atomic E-state index is -0.434. The average molecular weight is 260 g/mol. The van der Waals surface area contributed by atoms with Gasteiger partial charge in [-0.05, 0) is 24.1 Å². The lowest BCUT2D eigenvalue weighted by molar-refractivity contribution is 0.0594. The minimum Gasteiger partial charge on any atom is -0.464 e. The highest BCUT2D eigenvalue weighted by Gasteiger charge is 2.07. The Bertz CT molecular complexity index is 565. The number of nitrogens with one attached hydrogen (secondary N) is 1. The predicted molar refractivity (Wildman–Crippen MR) is 71.0 cm³/mol. The highest BCUT2D eigenvalue weighted by atomic mass is 16.5. The molecule has 0 aliphatic rings. The number of aromatic nitrogens is 3. The molecule has 0 amide bonds. The van der Waals surface area contributed by atoms with Crippen molar-refractivity contribution in [2.75, 3.05) is 19.0 Å². The van der Waals surface area contributed by atoms with Crippen LogP contribution in [0, 0.1) is 0 Å². The summed E-state index contributed by atoms with van der Waals surface area (Å²) in [4.78, 5) is 15.3. The molecule has 0 fully saturated rings. The van der Waals surface area contributed by atoms with E-state index in [-0.39, 0.29) is 0 Å². The summed E-state index contributed by atoms with van der Waals surface area (Å²) in [6, 6.07) is 3.49. The summed E-state index contributed by atoms with van der Waals surface area (Å²) in [5.74, 6) is -0.434. The zero-order valence-electron chi connectivity index (χ0n) is 11.0. The Labute approximate surface area is 111 Å². The molecule has 0 radical (unpaired) electrons. The van der Waals surface area contributed by atoms with Gasteiger partial charge >= 0.3 is 5.97 Å². The Morgan fingerprint density at radius 3 is 3.05 bits per heavy atom. The quantitative estimate of drug-likeness (QED) is 0.819. The van der Waals surface area contributed by atoms with Crippen LogP contribution in [0.5, 0.6) is 0 Å². The summed E-state index contributed by atoms with van der Waals surface area (Å²) in [6.07, 6.45) is 6.27. The number of aryl methyl sites for hydroxylation is 1. The predicted octanol–water partition coefficient (Wildman–Crippen LogP) is 1.26. The zero-order valence-corrected chi connectivity index (χ0v) is 11.0. The molecule has 100 valence electrons. The maximum atomic E-state index is 11.3. The summed E-state index contributed by atoms with van der Waals surface area (Å²) >= 11 is 0. The van der Waals surface area contributed by atoms with Gasteiger partial charge in [-0.25, -0.2) is 9.78 Å². The second kappa shape index (κ2) is 5.99. The van der Waals surface area contributed by atoms with Crippen molar-refractivity contribution in [2.45, 2.75) is 6.42 Å². The third-order valence-corrected chi connectivity index (χ3v) is 2.66. The van der Waals surface area contributed by atoms with Crippen LogP contribution in [0.15, 0.2) is 30.7 Å². The van der Waals surface area contributed by atoms with Gasteiger partial charge in [0.05, 0.1) is 13.3 Å². The lowest BCUT2D eigenvalue weighted by Gasteiger charge is -2.06. The van der Waals surface area contributed by atoms with Gasteiger partial charge in [0.1, 0.15) is 5.69 Å². The van der Waals surface area contributed by atoms with E-state index in [4.69, 9.17) is 0 Å². The van der Waals surface area contributed by atoms with E-state index in [1.807, 2.05) is 25.5 Å². The second-order valence-corrected chi connectivity index (χ2v) is 4.12. The molecular weight excluding hydrogens is 244 g/mol. The molecule has 6 nitrogen and oxygen atoms in total. The van der Waals surface area contributed by atoms with Crippen molar-refractivity contribution in [3.63, 3.8) is 0 Å². The van der Waals surface area contributed by atoms with Crippen molar-refractivity contribution in [3.05, 3.63) is 42.0 Å². The monoisotopic (exact) mass is 260 g/mol. The maximum Gasteiger partial charge on any atom is 0.356 e. The van der Waals surface area contributed by atoms with E-state index in [1.165, 1.54) is 7.11 Å². The number of hydrogen-bond donors (Lipinski definition) is 1. The van der Waals surface area contributed by atoms with Gasteiger partial charge in [0.25, 0.3) is 0 Å². The average Bonchev–Trinajstić information content (AvgIpc) is 2.84. The minimum absolute atomic E-state index is 0.300. The van der Waals surface area contributed by atoms with Crippen molar-refractivity contribution in [1.29, 1.82) is 0 Å². The van der Waals surface area contributed by atoms with Gasteiger partial charge in [0.15, 0.2) is 0 Å². The van der Waals surface area contributed by atoms with Crippen molar-refractivity contribution in [2.24, 2.45) is 7.05 Å². The van der Waals surface area contributed by atoms with Crippen LogP contribution in [0.4, 0.5) is 5.69 Å². The van der Waals surface area contributed by atoms with Gasteiger partial charge < -0.3 is 10.1 Å². The van der Waals surface area contributed by atoms with Crippen molar-refractivity contribution in [1.82, 2.24) is 14.8 Å². The number of pyridine rings is 1. The van der Waals surface area contributed by atoms with Crippen LogP contribution in [0.2, 0.25) is 0 Å². The summed E-state index contributed by atoms with van der Waals surface area (Å²) in [5, 5.41) is 7.35. The Balaban J connectivity index is 1.90. The normalized spacial score (nSPS) is 10.2. The van der Waals surface area contributed by atoms with Gasteiger partial charge in [-0.1, -0.05) is 0 Å². The summed E-state index contributed by atoms with van der Waals surface area (Å²) in [7, 11) is 3.23.